The van der Waals surface area contributed by atoms with Crippen molar-refractivity contribution < 1.29 is 22.9 Å². The average molecular weight is 393 g/mol. The van der Waals surface area contributed by atoms with Gasteiger partial charge in [-0.1, -0.05) is 30.3 Å². The molecule has 6 heteroatoms. The summed E-state index contributed by atoms with van der Waals surface area (Å²) in [6.45, 7) is -1.10. The molecule has 0 amide bonds. The predicted octanol–water partition coefficient (Wildman–Crippen LogP) is 5.31. The van der Waals surface area contributed by atoms with Gasteiger partial charge in [0.2, 0.25) is 5.78 Å². The van der Waals surface area contributed by atoms with E-state index in [4.69, 9.17) is 4.74 Å². The first kappa shape index (κ1) is 18.8. The molecule has 0 saturated heterocycles. The third-order valence-corrected chi connectivity index (χ3v) is 4.82. The number of benzene rings is 3. The molecule has 0 unspecified atom stereocenters. The lowest BCUT2D eigenvalue weighted by atomic mass is 10.1. The Bertz CT molecular complexity index is 1150. The van der Waals surface area contributed by atoms with Gasteiger partial charge in [0, 0.05) is 12.5 Å². The molecule has 3 aromatic carbocycles. The summed E-state index contributed by atoms with van der Waals surface area (Å²) >= 11 is 0. The number of fused-ring (bicyclic) bond motifs is 1. The third-order valence-electron chi connectivity index (χ3n) is 4.82. The van der Waals surface area contributed by atoms with Crippen LogP contribution in [0.4, 0.5) is 8.78 Å². The summed E-state index contributed by atoms with van der Waals surface area (Å²) in [6, 6.07) is 23.0. The highest BCUT2D eigenvalue weighted by atomic mass is 19.3. The number of para-hydroxylation sites is 3. The minimum absolute atomic E-state index is 0.0229. The molecule has 0 N–H and O–H groups in total. The zero-order valence-electron chi connectivity index (χ0n) is 15.8. The van der Waals surface area contributed by atoms with Crippen molar-refractivity contribution >= 4 is 16.8 Å². The van der Waals surface area contributed by atoms with Crippen molar-refractivity contribution in [3.8, 4) is 11.5 Å². The first-order chi connectivity index (χ1) is 14.0. The van der Waals surface area contributed by atoms with E-state index < -0.39 is 6.55 Å². The summed E-state index contributed by atoms with van der Waals surface area (Å²) in [5, 5.41) is 0. The van der Waals surface area contributed by atoms with Crippen LogP contribution in [0.5, 0.6) is 11.5 Å². The first-order valence-corrected chi connectivity index (χ1v) is 9.18. The van der Waals surface area contributed by atoms with Crippen molar-refractivity contribution in [2.45, 2.75) is 20.0 Å². The molecule has 0 aliphatic rings. The Hall–Kier alpha value is -3.54. The van der Waals surface area contributed by atoms with E-state index in [0.29, 0.717) is 33.9 Å². The zero-order valence-corrected chi connectivity index (χ0v) is 15.8. The van der Waals surface area contributed by atoms with Crippen LogP contribution >= 0.6 is 0 Å². The highest BCUT2D eigenvalue weighted by molar-refractivity contribution is 5.95. The van der Waals surface area contributed by atoms with Crippen molar-refractivity contribution in [1.82, 2.24) is 4.57 Å². The van der Waals surface area contributed by atoms with Gasteiger partial charge in [0.25, 0.3) is 5.82 Å². The number of nitrogens with zero attached hydrogens (tertiary/aromatic N) is 2. The van der Waals surface area contributed by atoms with Crippen LogP contribution in [0.3, 0.4) is 0 Å². The fourth-order valence-corrected chi connectivity index (χ4v) is 3.39. The lowest BCUT2D eigenvalue weighted by Gasteiger charge is -2.06. The van der Waals surface area contributed by atoms with Gasteiger partial charge in [0.05, 0.1) is 0 Å². The van der Waals surface area contributed by atoms with Crippen LogP contribution in [-0.4, -0.2) is 10.4 Å². The summed E-state index contributed by atoms with van der Waals surface area (Å²) in [7, 11) is 0. The van der Waals surface area contributed by atoms with Gasteiger partial charge in [-0.15, -0.1) is 0 Å². The Morgan fingerprint density at radius 1 is 0.931 bits per heavy atom. The molecule has 0 bridgehead atoms. The van der Waals surface area contributed by atoms with Crippen LogP contribution in [-0.2, 0) is 6.54 Å². The van der Waals surface area contributed by atoms with Crippen molar-refractivity contribution in [3.63, 3.8) is 0 Å². The monoisotopic (exact) mass is 393 g/mol. The maximum Gasteiger partial charge on any atom is 0.387 e. The number of halogens is 2. The van der Waals surface area contributed by atoms with Crippen molar-refractivity contribution in [2.24, 2.45) is 0 Å². The van der Waals surface area contributed by atoms with Crippen LogP contribution < -0.4 is 9.30 Å². The van der Waals surface area contributed by atoms with E-state index in [1.165, 1.54) is 0 Å². The average Bonchev–Trinajstić information content (AvgIpc) is 3.01. The molecule has 4 rings (SSSR count). The SMILES string of the molecule is Cc1n(C(F)F)c2ccccc2[n+]1CC(=O)c1ccc(Oc2ccccc2)cc1. The summed E-state index contributed by atoms with van der Waals surface area (Å²) < 4.78 is 35.3. The van der Waals surface area contributed by atoms with Crippen LogP contribution in [0.15, 0.2) is 78.9 Å². The van der Waals surface area contributed by atoms with Gasteiger partial charge in [-0.3, -0.25) is 4.79 Å². The zero-order chi connectivity index (χ0) is 20.4. The normalized spacial score (nSPS) is 11.2. The fourth-order valence-electron chi connectivity index (χ4n) is 3.39. The lowest BCUT2D eigenvalue weighted by molar-refractivity contribution is -0.664. The Morgan fingerprint density at radius 3 is 2.24 bits per heavy atom. The number of carbonyl (C=O) groups excluding carboxylic acids is 1. The molecule has 0 radical (unpaired) electrons. The van der Waals surface area contributed by atoms with Gasteiger partial charge in [0.15, 0.2) is 17.6 Å². The van der Waals surface area contributed by atoms with Crippen LogP contribution in [0.2, 0.25) is 0 Å². The number of hydrogen-bond acceptors (Lipinski definition) is 2. The molecule has 0 atom stereocenters. The largest absolute Gasteiger partial charge is 0.457 e. The van der Waals surface area contributed by atoms with Crippen LogP contribution in [0.1, 0.15) is 22.7 Å². The Balaban J connectivity index is 1.58. The summed E-state index contributed by atoms with van der Waals surface area (Å²) in [5.41, 5.74) is 1.49. The summed E-state index contributed by atoms with van der Waals surface area (Å²) in [5.74, 6) is 1.49. The number of Topliss-reactive ketones (excluding diaryl/α,β-unsaturated/α-hetero) is 1. The highest BCUT2D eigenvalue weighted by Gasteiger charge is 2.28. The summed E-state index contributed by atoms with van der Waals surface area (Å²) in [6.07, 6.45) is 0. The standard InChI is InChI=1S/C23H19F2N2O2/c1-16-26(20-9-5-6-10-21(20)27(16)23(24)25)15-22(28)17-11-13-19(14-12-17)29-18-7-3-2-4-8-18/h2-14,23H,15H2,1H3/q+1. The molecule has 0 saturated carbocycles. The predicted molar refractivity (Wildman–Crippen MR) is 105 cm³/mol. The second-order valence-corrected chi connectivity index (χ2v) is 6.63. The molecular formula is C23H19F2N2O2+. The van der Waals surface area contributed by atoms with E-state index in [1.54, 1.807) is 60.0 Å². The molecule has 146 valence electrons. The molecule has 1 aromatic heterocycles. The van der Waals surface area contributed by atoms with Gasteiger partial charge in [-0.25, -0.2) is 4.57 Å². The number of ketones is 1. The Labute approximate surface area is 166 Å². The molecule has 0 spiro atoms. The highest BCUT2D eigenvalue weighted by Crippen LogP contribution is 2.23. The molecule has 1 heterocycles. The minimum Gasteiger partial charge on any atom is -0.457 e. The molecule has 0 aliphatic heterocycles. The van der Waals surface area contributed by atoms with Gasteiger partial charge in [-0.05, 0) is 48.5 Å². The molecule has 4 nitrogen and oxygen atoms in total. The molecule has 0 fully saturated rings. The number of carbonyl (C=O) groups is 1. The molecule has 4 aromatic rings. The second-order valence-electron chi connectivity index (χ2n) is 6.63. The Kier molecular flexibility index (Phi) is 5.08. The fraction of sp³-hybridized carbons (Fsp3) is 0.130. The number of aromatic nitrogens is 2. The van der Waals surface area contributed by atoms with E-state index in [0.717, 1.165) is 4.57 Å². The van der Waals surface area contributed by atoms with Gasteiger partial charge < -0.3 is 4.74 Å². The van der Waals surface area contributed by atoms with E-state index in [1.807, 2.05) is 30.3 Å². The van der Waals surface area contributed by atoms with Crippen molar-refractivity contribution in [1.29, 1.82) is 0 Å². The van der Waals surface area contributed by atoms with Gasteiger partial charge in [-0.2, -0.15) is 13.3 Å². The third kappa shape index (κ3) is 3.74. The second kappa shape index (κ2) is 7.83. The van der Waals surface area contributed by atoms with Gasteiger partial charge in [0.1, 0.15) is 11.5 Å². The van der Waals surface area contributed by atoms with Gasteiger partial charge >= 0.3 is 6.55 Å². The Morgan fingerprint density at radius 2 is 1.55 bits per heavy atom. The first-order valence-electron chi connectivity index (χ1n) is 9.18. The van der Waals surface area contributed by atoms with Crippen molar-refractivity contribution in [3.05, 3.63) is 90.3 Å². The van der Waals surface area contributed by atoms with Crippen molar-refractivity contribution in [2.75, 3.05) is 0 Å². The maximum atomic E-state index is 13.5. The number of rotatable bonds is 6. The maximum absolute atomic E-state index is 13.5. The minimum atomic E-state index is -2.68. The molecular weight excluding hydrogens is 374 g/mol. The van der Waals surface area contributed by atoms with E-state index in [2.05, 4.69) is 0 Å². The van der Waals surface area contributed by atoms with Crippen LogP contribution in [0, 0.1) is 6.92 Å². The quantitative estimate of drug-likeness (QED) is 0.329. The number of hydrogen-bond donors (Lipinski definition) is 0. The van der Waals surface area contributed by atoms with E-state index >= 15 is 0 Å². The number of alkyl halides is 2. The smallest absolute Gasteiger partial charge is 0.387 e. The number of imidazole rings is 1. The summed E-state index contributed by atoms with van der Waals surface area (Å²) in [4.78, 5) is 12.8. The van der Waals surface area contributed by atoms with Crippen LogP contribution in [0.25, 0.3) is 11.0 Å². The number of ether oxygens (including phenoxy) is 1. The lowest BCUT2D eigenvalue weighted by Crippen LogP contribution is -2.40. The molecule has 0 aliphatic carbocycles. The van der Waals surface area contributed by atoms with E-state index in [-0.39, 0.29) is 12.3 Å². The van der Waals surface area contributed by atoms with E-state index in [9.17, 15) is 13.6 Å². The molecule has 29 heavy (non-hydrogen) atoms. The topological polar surface area (TPSA) is 35.1 Å².